The summed E-state index contributed by atoms with van der Waals surface area (Å²) >= 11 is 22.6. The number of alkyl halides is 4. The van der Waals surface area contributed by atoms with Gasteiger partial charge in [-0.05, 0) is 43.3 Å². The molecule has 29 heavy (non-hydrogen) atoms. The molecule has 0 spiro atoms. The number of nitrogens with zero attached hydrogens (tertiary/aromatic N) is 1. The Hall–Kier alpha value is -1.80. The molecule has 0 aliphatic carbocycles. The SMILES string of the molecule is CCO/C(=N\C(=O)Nc1ccc(OC(F)(F)C(Cl)Cl)cc1)c1c(Cl)cccc1Cl. The van der Waals surface area contributed by atoms with Crippen LogP contribution in [0.2, 0.25) is 10.0 Å². The molecular weight excluding hydrogens is 472 g/mol. The Bertz CT molecular complexity index is 873. The molecule has 2 aromatic rings. The van der Waals surface area contributed by atoms with Crippen LogP contribution in [0.25, 0.3) is 0 Å². The van der Waals surface area contributed by atoms with Gasteiger partial charge in [0, 0.05) is 5.69 Å². The second-order valence-electron chi connectivity index (χ2n) is 5.37. The third kappa shape index (κ3) is 6.60. The summed E-state index contributed by atoms with van der Waals surface area (Å²) in [6.45, 7) is 1.93. The van der Waals surface area contributed by atoms with Crippen LogP contribution in [0.15, 0.2) is 47.5 Å². The number of nitrogens with one attached hydrogen (secondary N) is 1. The average Bonchev–Trinajstić information content (AvgIpc) is 2.63. The van der Waals surface area contributed by atoms with Gasteiger partial charge in [0.15, 0.2) is 0 Å². The van der Waals surface area contributed by atoms with Gasteiger partial charge in [-0.3, -0.25) is 0 Å². The van der Waals surface area contributed by atoms with Crippen LogP contribution in [-0.4, -0.2) is 29.5 Å². The van der Waals surface area contributed by atoms with Gasteiger partial charge >= 0.3 is 12.1 Å². The van der Waals surface area contributed by atoms with E-state index in [0.717, 1.165) is 0 Å². The van der Waals surface area contributed by atoms with E-state index >= 15 is 0 Å². The van der Waals surface area contributed by atoms with E-state index in [1.807, 2.05) is 0 Å². The van der Waals surface area contributed by atoms with Crippen LogP contribution in [-0.2, 0) is 4.74 Å². The zero-order chi connectivity index (χ0) is 21.6. The van der Waals surface area contributed by atoms with Crippen LogP contribution in [0.5, 0.6) is 5.75 Å². The molecule has 1 N–H and O–H groups in total. The van der Waals surface area contributed by atoms with Gasteiger partial charge in [-0.25, -0.2) is 4.79 Å². The van der Waals surface area contributed by atoms with Gasteiger partial charge in [-0.15, -0.1) is 0 Å². The summed E-state index contributed by atoms with van der Waals surface area (Å²) in [6.07, 6.45) is -3.77. The van der Waals surface area contributed by atoms with Crippen LogP contribution in [0.1, 0.15) is 12.5 Å². The lowest BCUT2D eigenvalue weighted by Gasteiger charge is -2.18. The second kappa shape index (κ2) is 10.3. The maximum Gasteiger partial charge on any atom is 0.428 e. The molecule has 2 amide bonds. The van der Waals surface area contributed by atoms with E-state index in [1.54, 1.807) is 25.1 Å². The molecule has 0 unspecified atom stereocenters. The molecule has 0 fully saturated rings. The predicted octanol–water partition coefficient (Wildman–Crippen LogP) is 6.78. The van der Waals surface area contributed by atoms with Gasteiger partial charge in [0.25, 0.3) is 0 Å². The lowest BCUT2D eigenvalue weighted by molar-refractivity contribution is -0.163. The lowest BCUT2D eigenvalue weighted by atomic mass is 10.2. The summed E-state index contributed by atoms with van der Waals surface area (Å²) in [4.78, 5) is 14.1. The van der Waals surface area contributed by atoms with E-state index < -0.39 is 17.0 Å². The van der Waals surface area contributed by atoms with Crippen molar-refractivity contribution in [3.8, 4) is 5.75 Å². The molecule has 0 bridgehead atoms. The summed E-state index contributed by atoms with van der Waals surface area (Å²) in [5, 5.41) is 2.99. The second-order valence-corrected chi connectivity index (χ2v) is 7.28. The number of ether oxygens (including phenoxy) is 2. The topological polar surface area (TPSA) is 59.9 Å². The van der Waals surface area contributed by atoms with Crippen molar-refractivity contribution in [2.75, 3.05) is 11.9 Å². The van der Waals surface area contributed by atoms with E-state index in [0.29, 0.717) is 0 Å². The summed E-state index contributed by atoms with van der Waals surface area (Å²) in [5.41, 5.74) is 0.541. The monoisotopic (exact) mass is 484 g/mol. The van der Waals surface area contributed by atoms with Crippen molar-refractivity contribution in [1.29, 1.82) is 0 Å². The molecule has 5 nitrogen and oxygen atoms in total. The first-order valence-corrected chi connectivity index (χ1v) is 9.68. The van der Waals surface area contributed by atoms with E-state index in [4.69, 9.17) is 51.1 Å². The molecule has 0 saturated heterocycles. The van der Waals surface area contributed by atoms with Gasteiger partial charge < -0.3 is 14.8 Å². The van der Waals surface area contributed by atoms with Gasteiger partial charge in [0.05, 0.1) is 22.2 Å². The number of rotatable bonds is 6. The van der Waals surface area contributed by atoms with E-state index in [-0.39, 0.29) is 39.6 Å². The van der Waals surface area contributed by atoms with Crippen molar-refractivity contribution in [3.05, 3.63) is 58.1 Å². The lowest BCUT2D eigenvalue weighted by Crippen LogP contribution is -2.32. The summed E-state index contributed by atoms with van der Waals surface area (Å²) in [6, 6.07) is 9.09. The highest BCUT2D eigenvalue weighted by Crippen LogP contribution is 2.30. The van der Waals surface area contributed by atoms with E-state index in [1.165, 1.54) is 24.3 Å². The van der Waals surface area contributed by atoms with Crippen LogP contribution in [0.4, 0.5) is 19.3 Å². The molecule has 0 saturated carbocycles. The van der Waals surface area contributed by atoms with Crippen molar-refractivity contribution in [1.82, 2.24) is 0 Å². The molecule has 2 aromatic carbocycles. The highest BCUT2D eigenvalue weighted by atomic mass is 35.5. The minimum Gasteiger partial charge on any atom is -0.477 e. The van der Waals surface area contributed by atoms with Crippen molar-refractivity contribution in [3.63, 3.8) is 0 Å². The Balaban J connectivity index is 2.16. The molecule has 0 aliphatic rings. The van der Waals surface area contributed by atoms with Crippen LogP contribution < -0.4 is 10.1 Å². The average molecular weight is 486 g/mol. The number of carbonyl (C=O) groups excluding carboxylic acids is 1. The van der Waals surface area contributed by atoms with Gasteiger partial charge in [0.2, 0.25) is 10.7 Å². The molecule has 11 heteroatoms. The van der Waals surface area contributed by atoms with Gasteiger partial charge in [0.1, 0.15) is 5.75 Å². The minimum absolute atomic E-state index is 0.0598. The number of aliphatic imine (C=N–C) groups is 1. The molecule has 0 heterocycles. The highest BCUT2D eigenvalue weighted by molar-refractivity contribution is 6.44. The number of anilines is 1. The number of urea groups is 1. The number of halogens is 6. The highest BCUT2D eigenvalue weighted by Gasteiger charge is 2.40. The van der Waals surface area contributed by atoms with Gasteiger partial charge in [-0.2, -0.15) is 13.8 Å². The fourth-order valence-electron chi connectivity index (χ4n) is 2.05. The number of hydrogen-bond acceptors (Lipinski definition) is 3. The fourth-order valence-corrected chi connectivity index (χ4v) is 2.70. The number of carbonyl (C=O) groups is 1. The first-order valence-electron chi connectivity index (χ1n) is 8.06. The summed E-state index contributed by atoms with van der Waals surface area (Å²) < 4.78 is 36.6. The van der Waals surface area contributed by atoms with Crippen LogP contribution in [0, 0.1) is 0 Å². The standard InChI is InChI=1S/C18H14Cl4F2N2O3/c1-2-28-15(14-12(19)4-3-5-13(14)20)26-17(27)25-10-6-8-11(9-7-10)29-18(23,24)16(21)22/h3-9,16H,2H2,1H3,(H,25,27)/b26-15-. The van der Waals surface area contributed by atoms with E-state index in [2.05, 4.69) is 15.0 Å². The Kier molecular flexibility index (Phi) is 8.34. The normalized spacial score (nSPS) is 12.1. The summed E-state index contributed by atoms with van der Waals surface area (Å²) in [7, 11) is 0. The smallest absolute Gasteiger partial charge is 0.428 e. The Morgan fingerprint density at radius 3 is 2.24 bits per heavy atom. The first-order chi connectivity index (χ1) is 13.6. The molecule has 0 atom stereocenters. The Morgan fingerprint density at radius 2 is 1.72 bits per heavy atom. The van der Waals surface area contributed by atoms with Gasteiger partial charge in [-0.1, -0.05) is 52.5 Å². The molecular formula is C18H14Cl4F2N2O3. The molecule has 0 radical (unpaired) electrons. The zero-order valence-corrected chi connectivity index (χ0v) is 17.8. The van der Waals surface area contributed by atoms with Crippen molar-refractivity contribution in [2.24, 2.45) is 4.99 Å². The fraction of sp³-hybridized carbons (Fsp3) is 0.222. The molecule has 0 aliphatic heterocycles. The van der Waals surface area contributed by atoms with Crippen molar-refractivity contribution >= 4 is 64.0 Å². The third-order valence-electron chi connectivity index (χ3n) is 3.27. The van der Waals surface area contributed by atoms with Crippen LogP contribution >= 0.6 is 46.4 Å². The Labute approximate surface area is 185 Å². The number of amides is 2. The Morgan fingerprint density at radius 1 is 1.14 bits per heavy atom. The first kappa shape index (κ1) is 23.5. The van der Waals surface area contributed by atoms with Crippen molar-refractivity contribution in [2.45, 2.75) is 17.9 Å². The number of benzene rings is 2. The quantitative estimate of drug-likeness (QED) is 0.278. The summed E-state index contributed by atoms with van der Waals surface area (Å²) in [5.74, 6) is -0.254. The predicted molar refractivity (Wildman–Crippen MR) is 111 cm³/mol. The van der Waals surface area contributed by atoms with Crippen molar-refractivity contribution < 1.29 is 23.0 Å². The maximum absolute atomic E-state index is 13.4. The van der Waals surface area contributed by atoms with E-state index in [9.17, 15) is 13.6 Å². The largest absolute Gasteiger partial charge is 0.477 e. The third-order valence-corrected chi connectivity index (χ3v) is 4.41. The molecule has 156 valence electrons. The molecule has 2 rings (SSSR count). The van der Waals surface area contributed by atoms with Crippen LogP contribution in [0.3, 0.4) is 0 Å². The zero-order valence-electron chi connectivity index (χ0n) is 14.8. The number of hydrogen-bond donors (Lipinski definition) is 1. The maximum atomic E-state index is 13.4. The molecule has 0 aromatic heterocycles. The minimum atomic E-state index is -3.77.